The number of carbonyl (C=O) groups is 2. The predicted molar refractivity (Wildman–Crippen MR) is 111 cm³/mol. The molecule has 3 aliphatic carbocycles. The molecular formula is C23H41NO4. The molecule has 0 aromatic carbocycles. The Kier molecular flexibility index (Phi) is 11.1. The van der Waals surface area contributed by atoms with Crippen molar-refractivity contribution in [2.45, 2.75) is 128 Å². The Balaban J connectivity index is 0.000000202. The first-order valence-electron chi connectivity index (χ1n) is 11.7. The van der Waals surface area contributed by atoms with Crippen LogP contribution in [0, 0.1) is 5.92 Å². The third-order valence-corrected chi connectivity index (χ3v) is 6.51. The van der Waals surface area contributed by atoms with Gasteiger partial charge >= 0.3 is 11.9 Å². The topological polar surface area (TPSA) is 75.6 Å². The van der Waals surface area contributed by atoms with Gasteiger partial charge in [0.25, 0.3) is 0 Å². The Morgan fingerprint density at radius 1 is 0.750 bits per heavy atom. The first-order chi connectivity index (χ1) is 13.6. The molecule has 3 saturated carbocycles. The molecular weight excluding hydrogens is 354 g/mol. The Labute approximate surface area is 171 Å². The van der Waals surface area contributed by atoms with E-state index < -0.39 is 18.0 Å². The van der Waals surface area contributed by atoms with E-state index >= 15 is 0 Å². The number of hydrogen-bond donors (Lipinski definition) is 2. The van der Waals surface area contributed by atoms with Crippen molar-refractivity contribution in [1.29, 1.82) is 0 Å². The van der Waals surface area contributed by atoms with Gasteiger partial charge < -0.3 is 15.2 Å². The number of carbonyl (C=O) groups excluding carboxylic acids is 2. The highest BCUT2D eigenvalue weighted by molar-refractivity contribution is 5.86. The zero-order valence-corrected chi connectivity index (χ0v) is 17.8. The highest BCUT2D eigenvalue weighted by Crippen LogP contribution is 2.26. The van der Waals surface area contributed by atoms with Crippen LogP contribution in [0.25, 0.3) is 0 Å². The van der Waals surface area contributed by atoms with Crippen LogP contribution in [0.2, 0.25) is 0 Å². The molecule has 0 aromatic rings. The van der Waals surface area contributed by atoms with Gasteiger partial charge in [0, 0.05) is 19.0 Å². The average molecular weight is 396 g/mol. The molecule has 0 aliphatic heterocycles. The van der Waals surface area contributed by atoms with Crippen molar-refractivity contribution in [3.8, 4) is 0 Å². The van der Waals surface area contributed by atoms with Crippen LogP contribution in [0.5, 0.6) is 0 Å². The number of aliphatic hydroxyl groups excluding tert-OH is 1. The molecule has 0 amide bonds. The molecule has 28 heavy (non-hydrogen) atoms. The fraction of sp³-hybridized carbons (Fsp3) is 0.913. The monoisotopic (exact) mass is 395 g/mol. The Hall–Kier alpha value is -0.940. The van der Waals surface area contributed by atoms with E-state index in [1.165, 1.54) is 64.2 Å². The van der Waals surface area contributed by atoms with Gasteiger partial charge in [-0.1, -0.05) is 64.2 Å². The minimum absolute atomic E-state index is 0.0423. The van der Waals surface area contributed by atoms with Crippen molar-refractivity contribution in [1.82, 2.24) is 5.32 Å². The summed E-state index contributed by atoms with van der Waals surface area (Å²) in [5.41, 5.74) is 0. The summed E-state index contributed by atoms with van der Waals surface area (Å²) in [6.07, 6.45) is 19.5. The molecule has 1 unspecified atom stereocenters. The van der Waals surface area contributed by atoms with E-state index in [-0.39, 0.29) is 5.92 Å². The summed E-state index contributed by atoms with van der Waals surface area (Å²) in [6, 6.07) is 1.74. The van der Waals surface area contributed by atoms with Crippen LogP contribution in [0.3, 0.4) is 0 Å². The normalized spacial score (nSPS) is 23.8. The molecule has 3 fully saturated rings. The lowest BCUT2D eigenvalue weighted by Crippen LogP contribution is -2.40. The zero-order valence-electron chi connectivity index (χ0n) is 17.8. The van der Waals surface area contributed by atoms with Crippen LogP contribution < -0.4 is 5.32 Å². The minimum Gasteiger partial charge on any atom is -0.391 e. The van der Waals surface area contributed by atoms with Crippen LogP contribution in [0.15, 0.2) is 0 Å². The molecule has 2 N–H and O–H groups in total. The van der Waals surface area contributed by atoms with E-state index in [0.29, 0.717) is 0 Å². The molecule has 3 rings (SSSR count). The van der Waals surface area contributed by atoms with E-state index in [2.05, 4.69) is 10.1 Å². The smallest absolute Gasteiger partial charge is 0.342 e. The first kappa shape index (κ1) is 23.3. The second-order valence-corrected chi connectivity index (χ2v) is 8.95. The maximum atomic E-state index is 11.3. The number of esters is 2. The van der Waals surface area contributed by atoms with E-state index in [4.69, 9.17) is 0 Å². The largest absolute Gasteiger partial charge is 0.391 e. The van der Waals surface area contributed by atoms with E-state index in [1.54, 1.807) is 0 Å². The van der Waals surface area contributed by atoms with Gasteiger partial charge in [-0.15, -0.1) is 0 Å². The van der Waals surface area contributed by atoms with Gasteiger partial charge in [-0.05, 0) is 44.4 Å². The predicted octanol–water partition coefficient (Wildman–Crippen LogP) is 4.65. The van der Waals surface area contributed by atoms with Crippen LogP contribution in [0.1, 0.15) is 110 Å². The quantitative estimate of drug-likeness (QED) is 0.412. The summed E-state index contributed by atoms with van der Waals surface area (Å²) in [4.78, 5) is 21.8. The summed E-state index contributed by atoms with van der Waals surface area (Å²) in [5, 5.41) is 13.5. The molecule has 0 spiro atoms. The highest BCUT2D eigenvalue weighted by Gasteiger charge is 2.28. The van der Waals surface area contributed by atoms with Gasteiger partial charge in [0.1, 0.15) is 0 Å². The zero-order chi connectivity index (χ0) is 20.2. The van der Waals surface area contributed by atoms with E-state index in [1.807, 2.05) is 0 Å². The number of rotatable bonds is 4. The molecule has 0 heterocycles. The van der Waals surface area contributed by atoms with Crippen molar-refractivity contribution in [2.24, 2.45) is 5.92 Å². The number of hydrogen-bond acceptors (Lipinski definition) is 5. The Morgan fingerprint density at radius 2 is 1.14 bits per heavy atom. The van der Waals surface area contributed by atoms with Crippen LogP contribution in [0.4, 0.5) is 0 Å². The molecule has 3 aliphatic rings. The number of aliphatic hydroxyl groups is 1. The van der Waals surface area contributed by atoms with Gasteiger partial charge in [0.15, 0.2) is 6.10 Å². The van der Waals surface area contributed by atoms with Crippen molar-refractivity contribution < 1.29 is 19.4 Å². The van der Waals surface area contributed by atoms with Crippen molar-refractivity contribution in [2.75, 3.05) is 0 Å². The second-order valence-electron chi connectivity index (χ2n) is 8.95. The fourth-order valence-corrected chi connectivity index (χ4v) is 4.89. The summed E-state index contributed by atoms with van der Waals surface area (Å²) in [6.45, 7) is 1.16. The summed E-state index contributed by atoms with van der Waals surface area (Å²) >= 11 is 0. The molecule has 0 radical (unpaired) electrons. The maximum Gasteiger partial charge on any atom is 0.342 e. The van der Waals surface area contributed by atoms with Crippen molar-refractivity contribution >= 4 is 11.9 Å². The standard InChI is InChI=1S/C12H23N.C11H18O4/c1-3-7-11(8-4-1)13-12-9-5-2-6-10-12;1-8(12)15-11(14)10(13)9-6-4-2-3-5-7-9/h11-13H,1-10H2;9-10,13H,2-7H2,1H3. The van der Waals surface area contributed by atoms with Gasteiger partial charge in [-0.2, -0.15) is 0 Å². The SMILES string of the molecule is C1CCC(NC2CCCCC2)CC1.CC(=O)OC(=O)C(O)C1CCCCCC1. The molecule has 0 aromatic heterocycles. The molecule has 1 atom stereocenters. The number of ether oxygens (including phenoxy) is 1. The molecule has 162 valence electrons. The van der Waals surface area contributed by atoms with Crippen LogP contribution in [-0.4, -0.2) is 35.2 Å². The molecule has 5 heteroatoms. The maximum absolute atomic E-state index is 11.3. The van der Waals surface area contributed by atoms with Gasteiger partial charge in [-0.25, -0.2) is 4.79 Å². The van der Waals surface area contributed by atoms with Gasteiger partial charge in [0.05, 0.1) is 0 Å². The van der Waals surface area contributed by atoms with Gasteiger partial charge in [-0.3, -0.25) is 4.79 Å². The Bertz CT molecular complexity index is 432. The summed E-state index contributed by atoms with van der Waals surface area (Å²) < 4.78 is 4.38. The van der Waals surface area contributed by atoms with Crippen molar-refractivity contribution in [3.63, 3.8) is 0 Å². The molecule has 0 bridgehead atoms. The lowest BCUT2D eigenvalue weighted by atomic mass is 9.91. The third kappa shape index (κ3) is 9.04. The molecule has 0 saturated heterocycles. The average Bonchev–Trinajstić information content (AvgIpc) is 2.98. The first-order valence-corrected chi connectivity index (χ1v) is 11.7. The highest BCUT2D eigenvalue weighted by atomic mass is 16.6. The second kappa shape index (κ2) is 13.3. The van der Waals surface area contributed by atoms with E-state index in [9.17, 15) is 14.7 Å². The summed E-state index contributed by atoms with van der Waals surface area (Å²) in [5.74, 6) is -1.50. The van der Waals surface area contributed by atoms with Crippen LogP contribution >= 0.6 is 0 Å². The molecule has 5 nitrogen and oxygen atoms in total. The fourth-order valence-electron chi connectivity index (χ4n) is 4.89. The van der Waals surface area contributed by atoms with Crippen molar-refractivity contribution in [3.05, 3.63) is 0 Å². The van der Waals surface area contributed by atoms with Crippen LogP contribution in [-0.2, 0) is 14.3 Å². The Morgan fingerprint density at radius 3 is 1.57 bits per heavy atom. The number of nitrogens with one attached hydrogen (secondary N) is 1. The lowest BCUT2D eigenvalue weighted by molar-refractivity contribution is -0.166. The lowest BCUT2D eigenvalue weighted by Gasteiger charge is -2.30. The van der Waals surface area contributed by atoms with Gasteiger partial charge in [0.2, 0.25) is 0 Å². The minimum atomic E-state index is -1.13. The van der Waals surface area contributed by atoms with E-state index in [0.717, 1.165) is 57.5 Å². The third-order valence-electron chi connectivity index (χ3n) is 6.51. The summed E-state index contributed by atoms with van der Waals surface area (Å²) in [7, 11) is 0.